The topological polar surface area (TPSA) is 21.3 Å². The molecule has 2 rings (SSSR count). The number of rotatable bonds is 5. The highest BCUT2D eigenvalue weighted by Crippen LogP contribution is 2.31. The van der Waals surface area contributed by atoms with Crippen LogP contribution in [0.25, 0.3) is 0 Å². The summed E-state index contributed by atoms with van der Waals surface area (Å²) in [5.41, 5.74) is 0.757. The van der Waals surface area contributed by atoms with Crippen LogP contribution in [0.1, 0.15) is 37.8 Å². The summed E-state index contributed by atoms with van der Waals surface area (Å²) < 4.78 is 20.5. The molecule has 1 aromatic carbocycles. The summed E-state index contributed by atoms with van der Waals surface area (Å²) in [5, 5.41) is 3.48. The molecule has 1 fully saturated rings. The summed E-state index contributed by atoms with van der Waals surface area (Å²) in [6.07, 6.45) is 3.20. The first-order valence-electron chi connectivity index (χ1n) is 6.98. The van der Waals surface area contributed by atoms with Gasteiger partial charge in [0.25, 0.3) is 0 Å². The van der Waals surface area contributed by atoms with Gasteiger partial charge >= 0.3 is 0 Å². The maximum Gasteiger partial charge on any atom is 0.129 e. The minimum absolute atomic E-state index is 0.0494. The Hall–Kier alpha value is -0.450. The Balaban J connectivity index is 2.19. The highest BCUT2D eigenvalue weighted by atomic mass is 79.9. The Kier molecular flexibility index (Phi) is 5.79. The third-order valence-electron chi connectivity index (χ3n) is 3.58. The minimum Gasteiger partial charge on any atom is -0.381 e. The van der Waals surface area contributed by atoms with Crippen molar-refractivity contribution in [1.29, 1.82) is 0 Å². The van der Waals surface area contributed by atoms with Crippen molar-refractivity contribution in [1.82, 2.24) is 5.32 Å². The van der Waals surface area contributed by atoms with Gasteiger partial charge in [0.05, 0.1) is 6.61 Å². The molecule has 4 heteroatoms. The standard InChI is InChI=1S/C15H21BrFNO/c1-2-7-18-15(11-4-3-8-19-10-11)13-6-5-12(16)9-14(13)17/h5-6,9,11,15,18H,2-4,7-8,10H2,1H3. The molecule has 1 saturated heterocycles. The molecule has 1 aliphatic heterocycles. The zero-order chi connectivity index (χ0) is 13.7. The van der Waals surface area contributed by atoms with Crippen LogP contribution in [0.5, 0.6) is 0 Å². The van der Waals surface area contributed by atoms with Crippen LogP contribution in [-0.2, 0) is 4.74 Å². The van der Waals surface area contributed by atoms with Crippen LogP contribution in [0.2, 0.25) is 0 Å². The molecule has 2 nitrogen and oxygen atoms in total. The SMILES string of the molecule is CCCNC(c1ccc(Br)cc1F)C1CCCOC1. The molecule has 0 spiro atoms. The van der Waals surface area contributed by atoms with Gasteiger partial charge < -0.3 is 10.1 Å². The van der Waals surface area contributed by atoms with Gasteiger partial charge in [-0.2, -0.15) is 0 Å². The summed E-state index contributed by atoms with van der Waals surface area (Å²) in [6, 6.07) is 5.37. The Morgan fingerprint density at radius 1 is 1.53 bits per heavy atom. The van der Waals surface area contributed by atoms with Crippen LogP contribution in [0.3, 0.4) is 0 Å². The van der Waals surface area contributed by atoms with E-state index in [1.165, 1.54) is 0 Å². The van der Waals surface area contributed by atoms with Gasteiger partial charge in [0.1, 0.15) is 5.82 Å². The lowest BCUT2D eigenvalue weighted by Crippen LogP contribution is -2.34. The van der Waals surface area contributed by atoms with Crippen LogP contribution in [0, 0.1) is 11.7 Å². The number of halogens is 2. The lowest BCUT2D eigenvalue weighted by Gasteiger charge is -2.31. The van der Waals surface area contributed by atoms with Gasteiger partial charge in [0, 0.05) is 28.6 Å². The van der Waals surface area contributed by atoms with Crippen molar-refractivity contribution in [3.05, 3.63) is 34.1 Å². The molecule has 1 heterocycles. The van der Waals surface area contributed by atoms with Gasteiger partial charge in [-0.25, -0.2) is 4.39 Å². The van der Waals surface area contributed by atoms with E-state index in [1.54, 1.807) is 6.07 Å². The number of hydrogen-bond acceptors (Lipinski definition) is 2. The average molecular weight is 330 g/mol. The maximum atomic E-state index is 14.2. The summed E-state index contributed by atoms with van der Waals surface area (Å²) in [4.78, 5) is 0. The average Bonchev–Trinajstić information content (AvgIpc) is 2.42. The normalized spacial score (nSPS) is 21.3. The third-order valence-corrected chi connectivity index (χ3v) is 4.07. The lowest BCUT2D eigenvalue weighted by molar-refractivity contribution is 0.0385. The summed E-state index contributed by atoms with van der Waals surface area (Å²) in [5.74, 6) is 0.213. The second-order valence-corrected chi connectivity index (χ2v) is 5.99. The van der Waals surface area contributed by atoms with Gasteiger partial charge in [-0.15, -0.1) is 0 Å². The van der Waals surface area contributed by atoms with Crippen LogP contribution >= 0.6 is 15.9 Å². The second-order valence-electron chi connectivity index (χ2n) is 5.07. The van der Waals surface area contributed by atoms with Crippen molar-refractivity contribution in [2.75, 3.05) is 19.8 Å². The summed E-state index contributed by atoms with van der Waals surface area (Å²) in [6.45, 7) is 4.58. The van der Waals surface area contributed by atoms with E-state index in [4.69, 9.17) is 4.74 Å². The summed E-state index contributed by atoms with van der Waals surface area (Å²) in [7, 11) is 0. The molecule has 106 valence electrons. The van der Waals surface area contributed by atoms with E-state index < -0.39 is 0 Å². The van der Waals surface area contributed by atoms with E-state index in [0.29, 0.717) is 5.92 Å². The molecule has 1 aliphatic rings. The molecular weight excluding hydrogens is 309 g/mol. The van der Waals surface area contributed by atoms with Gasteiger partial charge in [0.15, 0.2) is 0 Å². The van der Waals surface area contributed by atoms with Gasteiger partial charge in [0.2, 0.25) is 0 Å². The molecule has 1 aromatic rings. The van der Waals surface area contributed by atoms with Gasteiger partial charge in [-0.05, 0) is 37.9 Å². The molecule has 2 unspecified atom stereocenters. The number of hydrogen-bond donors (Lipinski definition) is 1. The first kappa shape index (κ1) is 14.9. The fourth-order valence-electron chi connectivity index (χ4n) is 2.61. The molecule has 0 amide bonds. The van der Waals surface area contributed by atoms with E-state index in [2.05, 4.69) is 28.2 Å². The van der Waals surface area contributed by atoms with Crippen LogP contribution in [0.15, 0.2) is 22.7 Å². The van der Waals surface area contributed by atoms with E-state index in [1.807, 2.05) is 12.1 Å². The lowest BCUT2D eigenvalue weighted by atomic mass is 9.88. The van der Waals surface area contributed by atoms with Crippen LogP contribution in [0.4, 0.5) is 4.39 Å². The number of benzene rings is 1. The van der Waals surface area contributed by atoms with Crippen LogP contribution in [-0.4, -0.2) is 19.8 Å². The largest absolute Gasteiger partial charge is 0.381 e. The highest BCUT2D eigenvalue weighted by molar-refractivity contribution is 9.10. The molecule has 0 radical (unpaired) electrons. The van der Waals surface area contributed by atoms with Crippen molar-refractivity contribution in [2.45, 2.75) is 32.2 Å². The van der Waals surface area contributed by atoms with Crippen molar-refractivity contribution in [2.24, 2.45) is 5.92 Å². The number of ether oxygens (including phenoxy) is 1. The quantitative estimate of drug-likeness (QED) is 0.879. The first-order valence-corrected chi connectivity index (χ1v) is 7.77. The highest BCUT2D eigenvalue weighted by Gasteiger charge is 2.27. The zero-order valence-corrected chi connectivity index (χ0v) is 12.9. The minimum atomic E-state index is -0.145. The van der Waals surface area contributed by atoms with Crippen molar-refractivity contribution >= 4 is 15.9 Å². The molecule has 0 aliphatic carbocycles. The predicted molar refractivity (Wildman–Crippen MR) is 78.7 cm³/mol. The molecule has 0 saturated carbocycles. The van der Waals surface area contributed by atoms with Gasteiger partial charge in [-0.1, -0.05) is 28.9 Å². The Morgan fingerprint density at radius 2 is 2.37 bits per heavy atom. The van der Waals surface area contributed by atoms with E-state index in [9.17, 15) is 4.39 Å². The van der Waals surface area contributed by atoms with Crippen molar-refractivity contribution in [3.8, 4) is 0 Å². The maximum absolute atomic E-state index is 14.2. The molecular formula is C15H21BrFNO. The Bertz CT molecular complexity index is 407. The van der Waals surface area contributed by atoms with E-state index in [0.717, 1.165) is 49.1 Å². The van der Waals surface area contributed by atoms with E-state index >= 15 is 0 Å². The van der Waals surface area contributed by atoms with E-state index in [-0.39, 0.29) is 11.9 Å². The second kappa shape index (κ2) is 7.36. The fraction of sp³-hybridized carbons (Fsp3) is 0.600. The molecule has 2 atom stereocenters. The fourth-order valence-corrected chi connectivity index (χ4v) is 2.95. The summed E-state index contributed by atoms with van der Waals surface area (Å²) >= 11 is 3.31. The Morgan fingerprint density at radius 3 is 3.00 bits per heavy atom. The van der Waals surface area contributed by atoms with Crippen LogP contribution < -0.4 is 5.32 Å². The molecule has 19 heavy (non-hydrogen) atoms. The van der Waals surface area contributed by atoms with Gasteiger partial charge in [-0.3, -0.25) is 0 Å². The molecule has 0 aromatic heterocycles. The van der Waals surface area contributed by atoms with Crippen molar-refractivity contribution in [3.63, 3.8) is 0 Å². The Labute approximate surface area is 122 Å². The molecule has 0 bridgehead atoms. The smallest absolute Gasteiger partial charge is 0.129 e. The molecule has 1 N–H and O–H groups in total. The number of nitrogens with one attached hydrogen (secondary N) is 1. The van der Waals surface area contributed by atoms with Crippen molar-refractivity contribution < 1.29 is 9.13 Å². The predicted octanol–water partition coefficient (Wildman–Crippen LogP) is 4.06. The third kappa shape index (κ3) is 4.01. The monoisotopic (exact) mass is 329 g/mol. The zero-order valence-electron chi connectivity index (χ0n) is 11.3. The first-order chi connectivity index (χ1) is 9.22.